The molecular formula is C14H14O3. The van der Waals surface area contributed by atoms with Crippen LogP contribution in [0.2, 0.25) is 0 Å². The van der Waals surface area contributed by atoms with E-state index < -0.39 is 0 Å². The van der Waals surface area contributed by atoms with Crippen LogP contribution in [-0.2, 0) is 4.74 Å². The van der Waals surface area contributed by atoms with E-state index in [9.17, 15) is 4.79 Å². The maximum atomic E-state index is 11.9. The molecule has 88 valence electrons. The van der Waals surface area contributed by atoms with Gasteiger partial charge in [-0.1, -0.05) is 24.3 Å². The number of ether oxygens (including phenoxy) is 2. The van der Waals surface area contributed by atoms with Crippen molar-refractivity contribution in [3.8, 4) is 5.75 Å². The molecule has 0 atom stereocenters. The first-order valence-electron chi connectivity index (χ1n) is 5.36. The molecule has 0 fully saturated rings. The lowest BCUT2D eigenvalue weighted by atomic mass is 10.0. The van der Waals surface area contributed by atoms with E-state index in [0.717, 1.165) is 16.5 Å². The van der Waals surface area contributed by atoms with E-state index in [1.807, 2.05) is 30.3 Å². The number of hydrogen-bond donors (Lipinski definition) is 0. The maximum absolute atomic E-state index is 11.9. The zero-order chi connectivity index (χ0) is 12.3. The lowest BCUT2D eigenvalue weighted by molar-refractivity contribution is 0.0850. The molecule has 0 N–H and O–H groups in total. The van der Waals surface area contributed by atoms with Crippen molar-refractivity contribution < 1.29 is 14.3 Å². The molecule has 0 aliphatic rings. The van der Waals surface area contributed by atoms with Crippen LogP contribution in [-0.4, -0.2) is 26.6 Å². The number of ketones is 1. The summed E-state index contributed by atoms with van der Waals surface area (Å²) in [5.74, 6) is 0.751. The second-order valence-corrected chi connectivity index (χ2v) is 3.72. The Morgan fingerprint density at radius 3 is 2.41 bits per heavy atom. The molecule has 0 saturated heterocycles. The quantitative estimate of drug-likeness (QED) is 0.757. The predicted molar refractivity (Wildman–Crippen MR) is 66.7 cm³/mol. The first kappa shape index (κ1) is 11.6. The fourth-order valence-corrected chi connectivity index (χ4v) is 1.90. The first-order valence-corrected chi connectivity index (χ1v) is 5.36. The number of carbonyl (C=O) groups is 1. The van der Waals surface area contributed by atoms with Crippen molar-refractivity contribution in [3.63, 3.8) is 0 Å². The minimum absolute atomic E-state index is 0.0219. The van der Waals surface area contributed by atoms with Crippen molar-refractivity contribution in [3.05, 3.63) is 42.0 Å². The van der Waals surface area contributed by atoms with Crippen LogP contribution in [0.4, 0.5) is 0 Å². The van der Waals surface area contributed by atoms with Gasteiger partial charge < -0.3 is 9.47 Å². The van der Waals surface area contributed by atoms with Crippen LogP contribution >= 0.6 is 0 Å². The van der Waals surface area contributed by atoms with Gasteiger partial charge in [-0.2, -0.15) is 0 Å². The highest BCUT2D eigenvalue weighted by Gasteiger charge is 2.11. The molecule has 0 spiro atoms. The highest BCUT2D eigenvalue weighted by atomic mass is 16.5. The van der Waals surface area contributed by atoms with Crippen LogP contribution in [0.15, 0.2) is 36.4 Å². The molecule has 3 nitrogen and oxygen atoms in total. The second-order valence-electron chi connectivity index (χ2n) is 3.72. The molecule has 0 bridgehead atoms. The third-order valence-corrected chi connectivity index (χ3v) is 2.68. The summed E-state index contributed by atoms with van der Waals surface area (Å²) in [6, 6.07) is 11.3. The SMILES string of the molecule is COCC(=O)c1ccc(OC)c2ccccc12. The maximum Gasteiger partial charge on any atom is 0.189 e. The number of carbonyl (C=O) groups excluding carboxylic acids is 1. The van der Waals surface area contributed by atoms with Crippen LogP contribution in [0, 0.1) is 0 Å². The molecule has 0 amide bonds. The van der Waals surface area contributed by atoms with Gasteiger partial charge in [-0.15, -0.1) is 0 Å². The van der Waals surface area contributed by atoms with Gasteiger partial charge in [-0.3, -0.25) is 4.79 Å². The summed E-state index contributed by atoms with van der Waals surface area (Å²) < 4.78 is 10.2. The smallest absolute Gasteiger partial charge is 0.189 e. The summed E-state index contributed by atoms with van der Waals surface area (Å²) in [5.41, 5.74) is 0.670. The number of benzene rings is 2. The van der Waals surface area contributed by atoms with Gasteiger partial charge in [0, 0.05) is 18.1 Å². The molecule has 0 heterocycles. The van der Waals surface area contributed by atoms with Crippen LogP contribution < -0.4 is 4.74 Å². The molecule has 2 rings (SSSR count). The predicted octanol–water partition coefficient (Wildman–Crippen LogP) is 2.68. The monoisotopic (exact) mass is 230 g/mol. The van der Waals surface area contributed by atoms with Gasteiger partial charge in [0.25, 0.3) is 0 Å². The van der Waals surface area contributed by atoms with Crippen molar-refractivity contribution in [1.29, 1.82) is 0 Å². The highest BCUT2D eigenvalue weighted by molar-refractivity contribution is 6.10. The molecule has 0 radical (unpaired) electrons. The van der Waals surface area contributed by atoms with E-state index >= 15 is 0 Å². The number of fused-ring (bicyclic) bond motifs is 1. The summed E-state index contributed by atoms with van der Waals surface area (Å²) in [4.78, 5) is 11.9. The van der Waals surface area contributed by atoms with Gasteiger partial charge in [0.05, 0.1) is 7.11 Å². The Morgan fingerprint density at radius 2 is 1.76 bits per heavy atom. The Kier molecular flexibility index (Phi) is 3.40. The summed E-state index contributed by atoms with van der Waals surface area (Å²) in [6.45, 7) is 0.0936. The zero-order valence-electron chi connectivity index (χ0n) is 9.90. The summed E-state index contributed by atoms with van der Waals surface area (Å²) >= 11 is 0. The topological polar surface area (TPSA) is 35.5 Å². The summed E-state index contributed by atoms with van der Waals surface area (Å²) in [6.07, 6.45) is 0. The van der Waals surface area contributed by atoms with Crippen molar-refractivity contribution in [2.45, 2.75) is 0 Å². The van der Waals surface area contributed by atoms with Crippen molar-refractivity contribution >= 4 is 16.6 Å². The van der Waals surface area contributed by atoms with E-state index in [-0.39, 0.29) is 12.4 Å². The third-order valence-electron chi connectivity index (χ3n) is 2.68. The fourth-order valence-electron chi connectivity index (χ4n) is 1.90. The van der Waals surface area contributed by atoms with Gasteiger partial charge in [-0.25, -0.2) is 0 Å². The van der Waals surface area contributed by atoms with E-state index in [1.165, 1.54) is 7.11 Å². The van der Waals surface area contributed by atoms with E-state index in [1.54, 1.807) is 13.2 Å². The molecule has 2 aromatic carbocycles. The third kappa shape index (κ3) is 2.15. The van der Waals surface area contributed by atoms with Gasteiger partial charge in [0.15, 0.2) is 5.78 Å². The Morgan fingerprint density at radius 1 is 1.06 bits per heavy atom. The Balaban J connectivity index is 2.62. The zero-order valence-corrected chi connectivity index (χ0v) is 9.90. The molecule has 0 aromatic heterocycles. The molecule has 0 aliphatic carbocycles. The standard InChI is InChI=1S/C14H14O3/c1-16-9-13(15)11-7-8-14(17-2)12-6-4-3-5-10(11)12/h3-8H,9H2,1-2H3. The van der Waals surface area contributed by atoms with Crippen molar-refractivity contribution in [1.82, 2.24) is 0 Å². The molecular weight excluding hydrogens is 216 g/mol. The average molecular weight is 230 g/mol. The lowest BCUT2D eigenvalue weighted by Gasteiger charge is -2.09. The number of hydrogen-bond acceptors (Lipinski definition) is 3. The van der Waals surface area contributed by atoms with Crippen LogP contribution in [0.5, 0.6) is 5.75 Å². The molecule has 0 saturated carbocycles. The number of rotatable bonds is 4. The van der Waals surface area contributed by atoms with Gasteiger partial charge in [-0.05, 0) is 17.5 Å². The van der Waals surface area contributed by atoms with Gasteiger partial charge in [0.2, 0.25) is 0 Å². The van der Waals surface area contributed by atoms with Crippen LogP contribution in [0.25, 0.3) is 10.8 Å². The Hall–Kier alpha value is -1.87. The highest BCUT2D eigenvalue weighted by Crippen LogP contribution is 2.28. The Bertz CT molecular complexity index is 546. The number of Topliss-reactive ketones (excluding diaryl/α,β-unsaturated/α-hetero) is 1. The lowest BCUT2D eigenvalue weighted by Crippen LogP contribution is -2.07. The molecule has 3 heteroatoms. The first-order chi connectivity index (χ1) is 8.27. The second kappa shape index (κ2) is 4.97. The molecule has 17 heavy (non-hydrogen) atoms. The average Bonchev–Trinajstić information content (AvgIpc) is 2.37. The molecule has 0 unspecified atom stereocenters. The van der Waals surface area contributed by atoms with Crippen LogP contribution in [0.1, 0.15) is 10.4 Å². The fraction of sp³-hybridized carbons (Fsp3) is 0.214. The van der Waals surface area contributed by atoms with E-state index in [4.69, 9.17) is 9.47 Å². The van der Waals surface area contributed by atoms with Crippen LogP contribution in [0.3, 0.4) is 0 Å². The number of methoxy groups -OCH3 is 2. The normalized spacial score (nSPS) is 10.5. The van der Waals surface area contributed by atoms with Gasteiger partial charge in [0.1, 0.15) is 12.4 Å². The molecule has 2 aromatic rings. The van der Waals surface area contributed by atoms with Gasteiger partial charge >= 0.3 is 0 Å². The van der Waals surface area contributed by atoms with E-state index in [0.29, 0.717) is 5.56 Å². The van der Waals surface area contributed by atoms with Crippen molar-refractivity contribution in [2.24, 2.45) is 0 Å². The minimum Gasteiger partial charge on any atom is -0.496 e. The largest absolute Gasteiger partial charge is 0.496 e. The molecule has 0 aliphatic heterocycles. The Labute approximate surface area is 100.0 Å². The minimum atomic E-state index is -0.0219. The van der Waals surface area contributed by atoms with E-state index in [2.05, 4.69) is 0 Å². The summed E-state index contributed by atoms with van der Waals surface area (Å²) in [7, 11) is 3.14. The van der Waals surface area contributed by atoms with Crippen molar-refractivity contribution in [2.75, 3.05) is 20.8 Å². The summed E-state index contributed by atoms with van der Waals surface area (Å²) in [5, 5.41) is 1.84.